The highest BCUT2D eigenvalue weighted by atomic mass is 16.5. The Morgan fingerprint density at radius 2 is 2.16 bits per heavy atom. The summed E-state index contributed by atoms with van der Waals surface area (Å²) in [7, 11) is 0. The van der Waals surface area contributed by atoms with Crippen molar-refractivity contribution >= 4 is 5.91 Å². The minimum atomic E-state index is -0.643. The molecular formula is C14H29N3O2. The van der Waals surface area contributed by atoms with Gasteiger partial charge in [0.2, 0.25) is 5.91 Å². The third kappa shape index (κ3) is 4.75. The maximum atomic E-state index is 11.7. The third-order valence-corrected chi connectivity index (χ3v) is 3.79. The Morgan fingerprint density at radius 1 is 1.53 bits per heavy atom. The zero-order valence-corrected chi connectivity index (χ0v) is 12.9. The number of carbonyl (C=O) groups excluding carboxylic acids is 1. The summed E-state index contributed by atoms with van der Waals surface area (Å²) in [6, 6.07) is 0.630. The molecule has 0 aromatic carbocycles. The van der Waals surface area contributed by atoms with Crippen molar-refractivity contribution in [2.24, 2.45) is 5.73 Å². The maximum absolute atomic E-state index is 11.7. The average Bonchev–Trinajstić information content (AvgIpc) is 2.29. The summed E-state index contributed by atoms with van der Waals surface area (Å²) < 4.78 is 5.62. The van der Waals surface area contributed by atoms with Crippen LogP contribution in [-0.4, -0.2) is 54.2 Å². The van der Waals surface area contributed by atoms with Gasteiger partial charge in [-0.25, -0.2) is 0 Å². The molecule has 112 valence electrons. The second kappa shape index (κ2) is 6.68. The summed E-state index contributed by atoms with van der Waals surface area (Å²) in [5.41, 5.74) is 4.91. The fourth-order valence-electron chi connectivity index (χ4n) is 2.55. The summed E-state index contributed by atoms with van der Waals surface area (Å²) in [4.78, 5) is 14.1. The number of carbonyl (C=O) groups is 1. The first-order chi connectivity index (χ1) is 8.74. The van der Waals surface area contributed by atoms with E-state index in [9.17, 15) is 4.79 Å². The van der Waals surface area contributed by atoms with Crippen LogP contribution in [0.25, 0.3) is 0 Å². The highest BCUT2D eigenvalue weighted by molar-refractivity contribution is 5.84. The van der Waals surface area contributed by atoms with Crippen molar-refractivity contribution in [1.82, 2.24) is 10.2 Å². The SMILES string of the molecule is CC(C)NC(C)(CCN1CC(C)OCC1C)C(N)=O. The molecule has 5 heteroatoms. The molecule has 1 aliphatic heterocycles. The normalized spacial score (nSPS) is 28.3. The molecular weight excluding hydrogens is 242 g/mol. The average molecular weight is 271 g/mol. The van der Waals surface area contributed by atoms with Gasteiger partial charge in [-0.15, -0.1) is 0 Å². The summed E-state index contributed by atoms with van der Waals surface area (Å²) in [6.07, 6.45) is 0.978. The smallest absolute Gasteiger partial charge is 0.237 e. The van der Waals surface area contributed by atoms with Gasteiger partial charge in [-0.2, -0.15) is 0 Å². The van der Waals surface area contributed by atoms with Gasteiger partial charge in [-0.3, -0.25) is 9.69 Å². The molecule has 5 nitrogen and oxygen atoms in total. The zero-order chi connectivity index (χ0) is 14.6. The Balaban J connectivity index is 2.58. The zero-order valence-electron chi connectivity index (χ0n) is 12.9. The molecule has 0 spiro atoms. The molecule has 1 fully saturated rings. The molecule has 3 atom stereocenters. The number of hydrogen-bond donors (Lipinski definition) is 2. The van der Waals surface area contributed by atoms with Gasteiger partial charge < -0.3 is 15.8 Å². The van der Waals surface area contributed by atoms with Crippen LogP contribution in [-0.2, 0) is 9.53 Å². The summed E-state index contributed by atoms with van der Waals surface area (Å²) in [5, 5.41) is 3.29. The summed E-state index contributed by atoms with van der Waals surface area (Å²) in [6.45, 7) is 12.7. The van der Waals surface area contributed by atoms with Crippen molar-refractivity contribution in [1.29, 1.82) is 0 Å². The summed E-state index contributed by atoms with van der Waals surface area (Å²) in [5.74, 6) is -0.282. The maximum Gasteiger partial charge on any atom is 0.237 e. The number of ether oxygens (including phenoxy) is 1. The first kappa shape index (κ1) is 16.4. The van der Waals surface area contributed by atoms with E-state index >= 15 is 0 Å². The van der Waals surface area contributed by atoms with Gasteiger partial charge in [0.05, 0.1) is 18.2 Å². The Kier molecular flexibility index (Phi) is 5.77. The van der Waals surface area contributed by atoms with Crippen molar-refractivity contribution < 1.29 is 9.53 Å². The Bertz CT molecular complexity index is 309. The number of nitrogens with one attached hydrogen (secondary N) is 1. The Morgan fingerprint density at radius 3 is 2.68 bits per heavy atom. The van der Waals surface area contributed by atoms with Crippen molar-refractivity contribution in [3.8, 4) is 0 Å². The van der Waals surface area contributed by atoms with Crippen LogP contribution < -0.4 is 11.1 Å². The topological polar surface area (TPSA) is 67.6 Å². The molecule has 1 saturated heterocycles. The van der Waals surface area contributed by atoms with Crippen molar-refractivity contribution in [2.45, 2.75) is 64.8 Å². The lowest BCUT2D eigenvalue weighted by Gasteiger charge is -2.39. The van der Waals surface area contributed by atoms with E-state index in [0.29, 0.717) is 6.04 Å². The molecule has 0 saturated carbocycles. The number of hydrogen-bond acceptors (Lipinski definition) is 4. The van der Waals surface area contributed by atoms with E-state index in [1.807, 2.05) is 20.8 Å². The predicted molar refractivity (Wildman–Crippen MR) is 76.9 cm³/mol. The first-order valence-electron chi connectivity index (χ1n) is 7.18. The minimum absolute atomic E-state index is 0.235. The van der Waals surface area contributed by atoms with Crippen LogP contribution >= 0.6 is 0 Å². The van der Waals surface area contributed by atoms with Gasteiger partial charge in [0.1, 0.15) is 0 Å². The molecule has 0 aromatic heterocycles. The Hall–Kier alpha value is -0.650. The van der Waals surface area contributed by atoms with E-state index < -0.39 is 5.54 Å². The van der Waals surface area contributed by atoms with E-state index in [4.69, 9.17) is 10.5 Å². The molecule has 0 aromatic rings. The second-order valence-electron chi connectivity index (χ2n) is 6.23. The number of nitrogens with zero attached hydrogens (tertiary/aromatic N) is 1. The molecule has 0 aliphatic carbocycles. The van der Waals surface area contributed by atoms with Crippen LogP contribution in [0.1, 0.15) is 41.0 Å². The second-order valence-corrected chi connectivity index (χ2v) is 6.23. The Labute approximate surface area is 116 Å². The quantitative estimate of drug-likeness (QED) is 0.747. The number of nitrogens with two attached hydrogens (primary N) is 1. The summed E-state index contributed by atoms with van der Waals surface area (Å²) >= 11 is 0. The predicted octanol–water partition coefficient (Wildman–Crippen LogP) is 0.728. The standard InChI is InChI=1S/C14H29N3O2/c1-10(2)16-14(5,13(15)18)6-7-17-8-12(4)19-9-11(17)3/h10-12,16H,6-9H2,1-5H3,(H2,15,18). The molecule has 19 heavy (non-hydrogen) atoms. The van der Waals surface area contributed by atoms with Crippen LogP contribution in [0.2, 0.25) is 0 Å². The van der Waals surface area contributed by atoms with Crippen LogP contribution in [0.5, 0.6) is 0 Å². The van der Waals surface area contributed by atoms with Crippen LogP contribution in [0.15, 0.2) is 0 Å². The van der Waals surface area contributed by atoms with Crippen molar-refractivity contribution in [3.05, 3.63) is 0 Å². The van der Waals surface area contributed by atoms with Gasteiger partial charge >= 0.3 is 0 Å². The van der Waals surface area contributed by atoms with Crippen molar-refractivity contribution in [3.63, 3.8) is 0 Å². The monoisotopic (exact) mass is 271 g/mol. The number of primary amides is 1. The van der Waals surface area contributed by atoms with Gasteiger partial charge in [-0.1, -0.05) is 0 Å². The lowest BCUT2D eigenvalue weighted by molar-refractivity contribution is -0.124. The number of morpholine rings is 1. The lowest BCUT2D eigenvalue weighted by Crippen LogP contribution is -2.58. The fourth-order valence-corrected chi connectivity index (χ4v) is 2.55. The lowest BCUT2D eigenvalue weighted by atomic mass is 9.95. The van der Waals surface area contributed by atoms with E-state index in [1.165, 1.54) is 0 Å². The van der Waals surface area contributed by atoms with Crippen LogP contribution in [0.4, 0.5) is 0 Å². The van der Waals surface area contributed by atoms with Gasteiger partial charge in [0.25, 0.3) is 0 Å². The molecule has 1 rings (SSSR count). The molecule has 0 radical (unpaired) electrons. The van der Waals surface area contributed by atoms with E-state index in [1.54, 1.807) is 0 Å². The number of rotatable bonds is 6. The third-order valence-electron chi connectivity index (χ3n) is 3.79. The van der Waals surface area contributed by atoms with Gasteiger partial charge in [-0.05, 0) is 41.0 Å². The minimum Gasteiger partial charge on any atom is -0.376 e. The van der Waals surface area contributed by atoms with E-state index in [-0.39, 0.29) is 18.1 Å². The first-order valence-corrected chi connectivity index (χ1v) is 7.18. The largest absolute Gasteiger partial charge is 0.376 e. The van der Waals surface area contributed by atoms with Gasteiger partial charge in [0, 0.05) is 25.2 Å². The van der Waals surface area contributed by atoms with Crippen LogP contribution in [0.3, 0.4) is 0 Å². The van der Waals surface area contributed by atoms with E-state index in [0.717, 1.165) is 26.1 Å². The molecule has 3 N–H and O–H groups in total. The molecule has 1 amide bonds. The highest BCUT2D eigenvalue weighted by Crippen LogP contribution is 2.16. The van der Waals surface area contributed by atoms with Crippen molar-refractivity contribution in [2.75, 3.05) is 19.7 Å². The van der Waals surface area contributed by atoms with E-state index in [2.05, 4.69) is 24.1 Å². The van der Waals surface area contributed by atoms with Gasteiger partial charge in [0.15, 0.2) is 0 Å². The van der Waals surface area contributed by atoms with Crippen LogP contribution in [0, 0.1) is 0 Å². The molecule has 1 aliphatic rings. The highest BCUT2D eigenvalue weighted by Gasteiger charge is 2.33. The number of amides is 1. The molecule has 0 bridgehead atoms. The molecule has 3 unspecified atom stereocenters. The fraction of sp³-hybridized carbons (Fsp3) is 0.929. The molecule has 1 heterocycles.